The fourth-order valence-electron chi connectivity index (χ4n) is 3.21. The minimum absolute atomic E-state index is 0.00420. The van der Waals surface area contributed by atoms with Gasteiger partial charge in [-0.2, -0.15) is 0 Å². The molecule has 1 heterocycles. The summed E-state index contributed by atoms with van der Waals surface area (Å²) in [5, 5.41) is 3.98. The van der Waals surface area contributed by atoms with Gasteiger partial charge >= 0.3 is 0 Å². The molecule has 0 saturated carbocycles. The van der Waals surface area contributed by atoms with Gasteiger partial charge in [-0.25, -0.2) is 0 Å². The molecule has 1 aliphatic rings. The van der Waals surface area contributed by atoms with Gasteiger partial charge in [0.25, 0.3) is 5.91 Å². The molecule has 2 N–H and O–H groups in total. The Hall–Kier alpha value is -0.770. The summed E-state index contributed by atoms with van der Waals surface area (Å²) in [5.74, 6) is 1.32. The molecule has 116 valence electrons. The number of carbonyl (C=O) groups excluding carboxylic acids is 1. The zero-order chi connectivity index (χ0) is 15.6. The first-order chi connectivity index (χ1) is 9.86. The van der Waals surface area contributed by atoms with Gasteiger partial charge in [-0.3, -0.25) is 4.79 Å². The van der Waals surface area contributed by atoms with Crippen molar-refractivity contribution in [2.75, 3.05) is 18.4 Å². The molecule has 1 amide bonds. The Morgan fingerprint density at radius 2 is 1.90 bits per heavy atom. The number of rotatable bonds is 3. The van der Waals surface area contributed by atoms with Crippen LogP contribution in [-0.2, 0) is 4.79 Å². The van der Waals surface area contributed by atoms with Gasteiger partial charge in [0.1, 0.15) is 0 Å². The van der Waals surface area contributed by atoms with Crippen LogP contribution in [0.1, 0.15) is 27.2 Å². The molecule has 0 aromatic heterocycles. The monoisotopic (exact) mass is 329 g/mol. The van der Waals surface area contributed by atoms with E-state index in [9.17, 15) is 4.79 Å². The highest BCUT2D eigenvalue weighted by Gasteiger charge is 2.32. The van der Waals surface area contributed by atoms with Crippen molar-refractivity contribution in [2.24, 2.45) is 11.8 Å². The molecule has 0 radical (unpaired) electrons. The van der Waals surface area contributed by atoms with Gasteiger partial charge in [0, 0.05) is 16.9 Å². The molecule has 5 heteroatoms. The largest absolute Gasteiger partial charge is 0.324 e. The molecule has 0 spiro atoms. The molecule has 1 aromatic carbocycles. The molecule has 1 saturated heterocycles. The van der Waals surface area contributed by atoms with E-state index >= 15 is 0 Å². The van der Waals surface area contributed by atoms with Gasteiger partial charge in [0.15, 0.2) is 6.04 Å². The topological polar surface area (TPSA) is 33.5 Å². The van der Waals surface area contributed by atoms with Crippen LogP contribution in [0.3, 0.4) is 0 Å². The number of nitrogens with one attached hydrogen (secondary N) is 2. The predicted molar refractivity (Wildman–Crippen MR) is 88.2 cm³/mol. The van der Waals surface area contributed by atoms with E-state index in [1.54, 1.807) is 18.2 Å². The Bertz CT molecular complexity index is 511. The summed E-state index contributed by atoms with van der Waals surface area (Å²) in [5.41, 5.74) is 0.582. The molecule has 2 rings (SSSR count). The molecular formula is C16H23Cl2N2O+. The maximum Gasteiger partial charge on any atom is 0.282 e. The van der Waals surface area contributed by atoms with E-state index in [1.807, 2.05) is 6.92 Å². The molecule has 1 aromatic rings. The van der Waals surface area contributed by atoms with Crippen molar-refractivity contribution in [2.45, 2.75) is 33.2 Å². The van der Waals surface area contributed by atoms with E-state index in [1.165, 1.54) is 11.3 Å². The number of halogens is 2. The fourth-order valence-corrected chi connectivity index (χ4v) is 3.54. The lowest BCUT2D eigenvalue weighted by Crippen LogP contribution is -3.18. The molecule has 0 aliphatic carbocycles. The minimum atomic E-state index is -0.0924. The average molecular weight is 330 g/mol. The third kappa shape index (κ3) is 4.35. The Morgan fingerprint density at radius 3 is 2.52 bits per heavy atom. The second kappa shape index (κ2) is 6.99. The van der Waals surface area contributed by atoms with Crippen molar-refractivity contribution in [3.8, 4) is 0 Å². The Labute approximate surface area is 136 Å². The number of anilines is 1. The number of quaternary nitrogens is 1. The molecular weight excluding hydrogens is 307 g/mol. The smallest absolute Gasteiger partial charge is 0.282 e. The zero-order valence-electron chi connectivity index (χ0n) is 12.7. The van der Waals surface area contributed by atoms with Gasteiger partial charge in [-0.15, -0.1) is 0 Å². The van der Waals surface area contributed by atoms with E-state index in [2.05, 4.69) is 19.2 Å². The van der Waals surface area contributed by atoms with Crippen LogP contribution in [0.2, 0.25) is 10.0 Å². The van der Waals surface area contributed by atoms with Crippen molar-refractivity contribution in [3.63, 3.8) is 0 Å². The van der Waals surface area contributed by atoms with Crippen LogP contribution in [0.15, 0.2) is 18.2 Å². The third-order valence-electron chi connectivity index (χ3n) is 4.22. The first kappa shape index (κ1) is 16.6. The minimum Gasteiger partial charge on any atom is -0.324 e. The lowest BCUT2D eigenvalue weighted by molar-refractivity contribution is -0.925. The second-order valence-corrected chi connectivity index (χ2v) is 7.19. The van der Waals surface area contributed by atoms with Crippen molar-refractivity contribution in [1.82, 2.24) is 0 Å². The van der Waals surface area contributed by atoms with Gasteiger partial charge in [-0.05, 0) is 31.5 Å². The molecule has 1 aliphatic heterocycles. The summed E-state index contributed by atoms with van der Waals surface area (Å²) in [7, 11) is 0. The Kier molecular flexibility index (Phi) is 5.53. The van der Waals surface area contributed by atoms with Crippen molar-refractivity contribution >= 4 is 34.8 Å². The summed E-state index contributed by atoms with van der Waals surface area (Å²) in [4.78, 5) is 13.8. The molecule has 0 bridgehead atoms. The maximum absolute atomic E-state index is 12.5. The molecule has 21 heavy (non-hydrogen) atoms. The number of benzene rings is 1. The number of likely N-dealkylation sites (tertiary alicyclic amines) is 1. The standard InChI is InChI=1S/C16H22Cl2N2O/c1-10-6-11(2)9-20(8-10)12(3)16(21)19-15-7-13(17)4-5-14(15)18/h4-5,7,10-12H,6,8-9H2,1-3H3,(H,19,21)/p+1/t10-,11+,12-/m0/s1. The molecule has 1 unspecified atom stereocenters. The normalized spacial score (nSPS) is 27.2. The summed E-state index contributed by atoms with van der Waals surface area (Å²) in [6, 6.07) is 5.00. The number of amides is 1. The van der Waals surface area contributed by atoms with Crippen LogP contribution in [0.25, 0.3) is 0 Å². The Morgan fingerprint density at radius 1 is 1.29 bits per heavy atom. The van der Waals surface area contributed by atoms with Crippen LogP contribution in [-0.4, -0.2) is 25.0 Å². The Balaban J connectivity index is 2.04. The molecule has 3 nitrogen and oxygen atoms in total. The van der Waals surface area contributed by atoms with E-state index in [0.29, 0.717) is 27.6 Å². The first-order valence-electron chi connectivity index (χ1n) is 7.47. The molecule has 1 fully saturated rings. The van der Waals surface area contributed by atoms with Crippen LogP contribution in [0, 0.1) is 11.8 Å². The number of hydrogen-bond acceptors (Lipinski definition) is 1. The van der Waals surface area contributed by atoms with Crippen LogP contribution in [0.5, 0.6) is 0 Å². The first-order valence-corrected chi connectivity index (χ1v) is 8.23. The lowest BCUT2D eigenvalue weighted by atomic mass is 9.91. The van der Waals surface area contributed by atoms with E-state index < -0.39 is 0 Å². The van der Waals surface area contributed by atoms with Gasteiger partial charge in [0.2, 0.25) is 0 Å². The van der Waals surface area contributed by atoms with Crippen molar-refractivity contribution in [3.05, 3.63) is 28.2 Å². The highest BCUT2D eigenvalue weighted by atomic mass is 35.5. The average Bonchev–Trinajstić information content (AvgIpc) is 2.41. The van der Waals surface area contributed by atoms with E-state index in [4.69, 9.17) is 23.2 Å². The molecule has 4 atom stereocenters. The number of carbonyl (C=O) groups is 1. The summed E-state index contributed by atoms with van der Waals surface area (Å²) in [6.45, 7) is 8.58. The van der Waals surface area contributed by atoms with Crippen molar-refractivity contribution < 1.29 is 9.69 Å². The van der Waals surface area contributed by atoms with Gasteiger partial charge < -0.3 is 10.2 Å². The van der Waals surface area contributed by atoms with Crippen LogP contribution < -0.4 is 10.2 Å². The quantitative estimate of drug-likeness (QED) is 0.878. The van der Waals surface area contributed by atoms with Gasteiger partial charge in [0.05, 0.1) is 23.8 Å². The van der Waals surface area contributed by atoms with E-state index in [-0.39, 0.29) is 11.9 Å². The summed E-state index contributed by atoms with van der Waals surface area (Å²) < 4.78 is 0. The second-order valence-electron chi connectivity index (χ2n) is 6.35. The van der Waals surface area contributed by atoms with Crippen LogP contribution in [0.4, 0.5) is 5.69 Å². The zero-order valence-corrected chi connectivity index (χ0v) is 14.3. The number of piperidine rings is 1. The van der Waals surface area contributed by atoms with Crippen molar-refractivity contribution in [1.29, 1.82) is 0 Å². The SMILES string of the molecule is C[C@@H]1C[C@H](C)C[NH+]([C@@H](C)C(=O)Nc2cc(Cl)ccc2Cl)C1. The highest BCUT2D eigenvalue weighted by Crippen LogP contribution is 2.25. The summed E-state index contributed by atoms with van der Waals surface area (Å²) in [6.07, 6.45) is 1.25. The van der Waals surface area contributed by atoms with Gasteiger partial charge in [-0.1, -0.05) is 37.0 Å². The summed E-state index contributed by atoms with van der Waals surface area (Å²) >= 11 is 12.0. The lowest BCUT2D eigenvalue weighted by Gasteiger charge is -2.35. The fraction of sp³-hybridized carbons (Fsp3) is 0.562. The van der Waals surface area contributed by atoms with E-state index in [0.717, 1.165) is 13.1 Å². The third-order valence-corrected chi connectivity index (χ3v) is 4.78. The highest BCUT2D eigenvalue weighted by molar-refractivity contribution is 6.35. The number of hydrogen-bond donors (Lipinski definition) is 2. The van der Waals surface area contributed by atoms with Crippen LogP contribution >= 0.6 is 23.2 Å². The maximum atomic E-state index is 12.5. The predicted octanol–water partition coefficient (Wildman–Crippen LogP) is 2.88.